The maximum Gasteiger partial charge on any atom is 0.234 e. The Kier molecular flexibility index (Phi) is 5.29. The van der Waals surface area contributed by atoms with E-state index in [9.17, 15) is 4.79 Å². The van der Waals surface area contributed by atoms with Gasteiger partial charge in [0.2, 0.25) is 5.91 Å². The highest BCUT2D eigenvalue weighted by molar-refractivity contribution is 8.00. The van der Waals surface area contributed by atoms with Crippen molar-refractivity contribution in [3.8, 4) is 0 Å². The molecule has 0 saturated carbocycles. The van der Waals surface area contributed by atoms with E-state index in [2.05, 4.69) is 25.6 Å². The fraction of sp³-hybridized carbons (Fsp3) is 0.150. The minimum absolute atomic E-state index is 0.0947. The molecule has 2 heterocycles. The van der Waals surface area contributed by atoms with E-state index in [1.54, 1.807) is 4.68 Å². The Labute approximate surface area is 166 Å². The first-order valence-corrected chi connectivity index (χ1v) is 9.75. The number of fused-ring (bicyclic) bond motifs is 1. The van der Waals surface area contributed by atoms with Crippen LogP contribution in [0.2, 0.25) is 0 Å². The number of benzene rings is 2. The molecule has 0 unspecified atom stereocenters. The quantitative estimate of drug-likeness (QED) is 0.402. The van der Waals surface area contributed by atoms with Crippen LogP contribution in [0.1, 0.15) is 11.1 Å². The predicted molar refractivity (Wildman–Crippen MR) is 109 cm³/mol. The zero-order chi connectivity index (χ0) is 19.3. The third kappa shape index (κ3) is 4.01. The van der Waals surface area contributed by atoms with E-state index in [1.165, 1.54) is 18.1 Å². The number of carbonyl (C=O) groups excluding carboxylic acids is 1. The van der Waals surface area contributed by atoms with Gasteiger partial charge < -0.3 is 5.32 Å². The number of aryl methyl sites for hydroxylation is 1. The monoisotopic (exact) mass is 390 g/mol. The van der Waals surface area contributed by atoms with Gasteiger partial charge in [-0.3, -0.25) is 4.79 Å². The molecule has 1 N–H and O–H groups in total. The third-order valence-corrected chi connectivity index (χ3v) is 5.18. The second-order valence-electron chi connectivity index (χ2n) is 6.24. The number of nitrogens with zero attached hydrogens (tertiary/aromatic N) is 5. The number of rotatable bonds is 6. The van der Waals surface area contributed by atoms with Gasteiger partial charge in [0.25, 0.3) is 0 Å². The zero-order valence-corrected chi connectivity index (χ0v) is 16.1. The molecule has 0 saturated heterocycles. The number of nitrogens with one attached hydrogen (secondary N) is 1. The van der Waals surface area contributed by atoms with E-state index >= 15 is 0 Å². The predicted octanol–water partition coefficient (Wildman–Crippen LogP) is 3.31. The van der Waals surface area contributed by atoms with Crippen molar-refractivity contribution in [2.24, 2.45) is 0 Å². The Bertz CT molecular complexity index is 1110. The molecule has 0 atom stereocenters. The molecule has 0 radical (unpaired) electrons. The molecular weight excluding hydrogens is 372 g/mol. The average Bonchev–Trinajstić information content (AvgIpc) is 3.12. The molecule has 2 aromatic heterocycles. The largest absolute Gasteiger partial charge is 0.325 e. The topological polar surface area (TPSA) is 85.6 Å². The first-order chi connectivity index (χ1) is 13.7. The number of thioether (sulfide) groups is 1. The van der Waals surface area contributed by atoms with Gasteiger partial charge in [-0.05, 0) is 24.1 Å². The van der Waals surface area contributed by atoms with Crippen LogP contribution in [0, 0.1) is 6.92 Å². The summed E-state index contributed by atoms with van der Waals surface area (Å²) in [5.74, 6) is 0.133. The Morgan fingerprint density at radius 2 is 1.86 bits per heavy atom. The van der Waals surface area contributed by atoms with E-state index in [0.29, 0.717) is 22.7 Å². The van der Waals surface area contributed by atoms with Gasteiger partial charge in [0, 0.05) is 5.69 Å². The van der Waals surface area contributed by atoms with Crippen molar-refractivity contribution in [3.05, 3.63) is 72.1 Å². The molecule has 28 heavy (non-hydrogen) atoms. The molecule has 0 aliphatic carbocycles. The second-order valence-corrected chi connectivity index (χ2v) is 7.20. The molecule has 4 rings (SSSR count). The van der Waals surface area contributed by atoms with Gasteiger partial charge >= 0.3 is 0 Å². The Morgan fingerprint density at radius 3 is 2.68 bits per heavy atom. The fourth-order valence-corrected chi connectivity index (χ4v) is 3.50. The lowest BCUT2D eigenvalue weighted by Gasteiger charge is -2.07. The van der Waals surface area contributed by atoms with Crippen molar-refractivity contribution in [1.82, 2.24) is 25.0 Å². The first-order valence-electron chi connectivity index (χ1n) is 8.77. The highest BCUT2D eigenvalue weighted by Gasteiger charge is 2.14. The summed E-state index contributed by atoms with van der Waals surface area (Å²) in [4.78, 5) is 20.9. The SMILES string of the molecule is Cc1ccccc1NC(=O)CSc1ncnc2c1nnn2Cc1ccccc1. The van der Waals surface area contributed by atoms with Crippen molar-refractivity contribution >= 4 is 34.5 Å². The molecule has 0 aliphatic heterocycles. The summed E-state index contributed by atoms with van der Waals surface area (Å²) in [6, 6.07) is 17.7. The van der Waals surface area contributed by atoms with Gasteiger partial charge in [-0.15, -0.1) is 5.10 Å². The van der Waals surface area contributed by atoms with Crippen molar-refractivity contribution < 1.29 is 4.79 Å². The lowest BCUT2D eigenvalue weighted by atomic mass is 10.2. The zero-order valence-electron chi connectivity index (χ0n) is 15.2. The Balaban J connectivity index is 1.47. The molecule has 0 spiro atoms. The van der Waals surface area contributed by atoms with Crippen LogP contribution in [-0.2, 0) is 11.3 Å². The van der Waals surface area contributed by atoms with Gasteiger partial charge in [0.1, 0.15) is 11.4 Å². The molecule has 2 aromatic carbocycles. The van der Waals surface area contributed by atoms with Crippen molar-refractivity contribution in [2.45, 2.75) is 18.5 Å². The summed E-state index contributed by atoms with van der Waals surface area (Å²) in [6.07, 6.45) is 1.48. The summed E-state index contributed by atoms with van der Waals surface area (Å²) in [7, 11) is 0. The lowest BCUT2D eigenvalue weighted by Crippen LogP contribution is -2.14. The molecule has 7 nitrogen and oxygen atoms in total. The highest BCUT2D eigenvalue weighted by Crippen LogP contribution is 2.23. The molecule has 1 amide bonds. The van der Waals surface area contributed by atoms with Crippen molar-refractivity contribution in [2.75, 3.05) is 11.1 Å². The second kappa shape index (κ2) is 8.18. The summed E-state index contributed by atoms with van der Waals surface area (Å²) in [6.45, 7) is 2.54. The van der Waals surface area contributed by atoms with Gasteiger partial charge in [0.05, 0.1) is 12.3 Å². The van der Waals surface area contributed by atoms with E-state index in [0.717, 1.165) is 16.8 Å². The van der Waals surface area contributed by atoms with Crippen molar-refractivity contribution in [1.29, 1.82) is 0 Å². The molecule has 0 fully saturated rings. The number of para-hydroxylation sites is 1. The van der Waals surface area contributed by atoms with Crippen molar-refractivity contribution in [3.63, 3.8) is 0 Å². The maximum atomic E-state index is 12.3. The summed E-state index contributed by atoms with van der Waals surface area (Å²) >= 11 is 1.32. The summed E-state index contributed by atoms with van der Waals surface area (Å²) < 4.78 is 1.74. The van der Waals surface area contributed by atoms with Gasteiger partial charge in [-0.25, -0.2) is 14.6 Å². The van der Waals surface area contributed by atoms with Crippen LogP contribution in [0.25, 0.3) is 11.2 Å². The van der Waals surface area contributed by atoms with Crippen LogP contribution in [0.3, 0.4) is 0 Å². The standard InChI is InChI=1S/C20H18N6OS/c1-14-7-5-6-10-16(14)23-17(27)12-28-20-18-19(21-13-22-20)26(25-24-18)11-15-8-3-2-4-9-15/h2-10,13H,11-12H2,1H3,(H,23,27). The van der Waals surface area contributed by atoms with Crippen LogP contribution in [0.5, 0.6) is 0 Å². The number of anilines is 1. The Morgan fingerprint density at radius 1 is 1.07 bits per heavy atom. The molecule has 8 heteroatoms. The van der Waals surface area contributed by atoms with E-state index in [-0.39, 0.29) is 11.7 Å². The lowest BCUT2D eigenvalue weighted by molar-refractivity contribution is -0.113. The molecule has 4 aromatic rings. The molecule has 0 bridgehead atoms. The Hall–Kier alpha value is -3.26. The number of carbonyl (C=O) groups is 1. The van der Waals surface area contributed by atoms with Crippen LogP contribution < -0.4 is 5.32 Å². The van der Waals surface area contributed by atoms with Gasteiger partial charge in [-0.2, -0.15) is 0 Å². The molecule has 0 aliphatic rings. The first kappa shape index (κ1) is 18.1. The van der Waals surface area contributed by atoms with Crippen LogP contribution in [0.4, 0.5) is 5.69 Å². The van der Waals surface area contributed by atoms with Gasteiger partial charge in [0.15, 0.2) is 11.2 Å². The van der Waals surface area contributed by atoms with E-state index < -0.39 is 0 Å². The average molecular weight is 390 g/mol. The summed E-state index contributed by atoms with van der Waals surface area (Å²) in [5.41, 5.74) is 4.20. The fourth-order valence-electron chi connectivity index (χ4n) is 2.77. The smallest absolute Gasteiger partial charge is 0.234 e. The van der Waals surface area contributed by atoms with Crippen LogP contribution in [-0.4, -0.2) is 36.6 Å². The van der Waals surface area contributed by atoms with E-state index in [4.69, 9.17) is 0 Å². The summed E-state index contributed by atoms with van der Waals surface area (Å²) in [5, 5.41) is 12.0. The normalized spacial score (nSPS) is 10.9. The highest BCUT2D eigenvalue weighted by atomic mass is 32.2. The van der Waals surface area contributed by atoms with E-state index in [1.807, 2.05) is 61.5 Å². The minimum Gasteiger partial charge on any atom is -0.325 e. The number of aromatic nitrogens is 5. The maximum absolute atomic E-state index is 12.3. The van der Waals surface area contributed by atoms with Crippen LogP contribution in [0.15, 0.2) is 66.0 Å². The van der Waals surface area contributed by atoms with Gasteiger partial charge in [-0.1, -0.05) is 65.5 Å². The van der Waals surface area contributed by atoms with Crippen LogP contribution >= 0.6 is 11.8 Å². The molecule has 140 valence electrons. The third-order valence-electron chi connectivity index (χ3n) is 4.20. The number of hydrogen-bond acceptors (Lipinski definition) is 6. The molecular formula is C20H18N6OS. The number of amides is 1. The number of hydrogen-bond donors (Lipinski definition) is 1. The minimum atomic E-state index is -0.0947.